The van der Waals surface area contributed by atoms with Crippen LogP contribution in [0.3, 0.4) is 0 Å². The highest BCUT2D eigenvalue weighted by Gasteiger charge is 2.13. The molecule has 7 heteroatoms. The fourth-order valence-electron chi connectivity index (χ4n) is 1.64. The van der Waals surface area contributed by atoms with Crippen molar-refractivity contribution in [3.63, 3.8) is 0 Å². The molecule has 0 amide bonds. The third kappa shape index (κ3) is 4.03. The predicted octanol–water partition coefficient (Wildman–Crippen LogP) is 4.37. The van der Waals surface area contributed by atoms with Gasteiger partial charge in [-0.3, -0.25) is 10.1 Å². The summed E-state index contributed by atoms with van der Waals surface area (Å²) in [4.78, 5) is 22.1. The number of rotatable bonds is 4. The monoisotopic (exact) mass is 369 g/mol. The molecule has 2 rings (SSSR count). The Morgan fingerprint density at radius 2 is 2.05 bits per heavy atom. The SMILES string of the molecule is O=C(OCc1cccc([N+](=O)[O-])c1)c1cc(Br)ccc1Cl. The summed E-state index contributed by atoms with van der Waals surface area (Å²) >= 11 is 9.17. The Bertz CT molecular complexity index is 705. The van der Waals surface area contributed by atoms with Gasteiger partial charge in [-0.2, -0.15) is 0 Å². The molecule has 2 aromatic rings. The summed E-state index contributed by atoms with van der Waals surface area (Å²) in [6.45, 7) is -0.0661. The van der Waals surface area contributed by atoms with Crippen LogP contribution in [0.5, 0.6) is 0 Å². The Labute approximate surface area is 133 Å². The quantitative estimate of drug-likeness (QED) is 0.455. The second kappa shape index (κ2) is 6.69. The molecule has 0 aromatic heterocycles. The van der Waals surface area contributed by atoms with Crippen LogP contribution in [-0.2, 0) is 11.3 Å². The molecule has 0 fully saturated rings. The molecule has 5 nitrogen and oxygen atoms in total. The summed E-state index contributed by atoms with van der Waals surface area (Å²) in [5, 5.41) is 10.9. The first-order valence-electron chi connectivity index (χ1n) is 5.83. The van der Waals surface area contributed by atoms with Gasteiger partial charge < -0.3 is 4.74 Å². The van der Waals surface area contributed by atoms with Gasteiger partial charge in [-0.15, -0.1) is 0 Å². The van der Waals surface area contributed by atoms with E-state index in [1.54, 1.807) is 24.3 Å². The Morgan fingerprint density at radius 3 is 2.76 bits per heavy atom. The van der Waals surface area contributed by atoms with Crippen LogP contribution < -0.4 is 0 Å². The number of nitro benzene ring substituents is 1. The number of esters is 1. The van der Waals surface area contributed by atoms with Crippen LogP contribution in [0.2, 0.25) is 5.02 Å². The van der Waals surface area contributed by atoms with Gasteiger partial charge in [0.2, 0.25) is 0 Å². The largest absolute Gasteiger partial charge is 0.457 e. The highest BCUT2D eigenvalue weighted by Crippen LogP contribution is 2.22. The van der Waals surface area contributed by atoms with E-state index in [9.17, 15) is 14.9 Å². The summed E-state index contributed by atoms with van der Waals surface area (Å²) in [5.74, 6) is -0.590. The topological polar surface area (TPSA) is 69.4 Å². The van der Waals surface area contributed by atoms with E-state index in [4.69, 9.17) is 16.3 Å². The minimum atomic E-state index is -0.590. The third-order valence-corrected chi connectivity index (χ3v) is 3.46. The Kier molecular flexibility index (Phi) is 4.93. The van der Waals surface area contributed by atoms with Gasteiger partial charge in [0.05, 0.1) is 15.5 Å². The summed E-state index contributed by atoms with van der Waals surface area (Å²) in [5.41, 5.74) is 0.712. The molecule has 0 N–H and O–H groups in total. The number of hydrogen-bond acceptors (Lipinski definition) is 4. The van der Waals surface area contributed by atoms with Crippen molar-refractivity contribution in [2.45, 2.75) is 6.61 Å². The average molecular weight is 371 g/mol. The van der Waals surface area contributed by atoms with Crippen LogP contribution in [-0.4, -0.2) is 10.9 Å². The fraction of sp³-hybridized carbons (Fsp3) is 0.0714. The average Bonchev–Trinajstić information content (AvgIpc) is 2.47. The lowest BCUT2D eigenvalue weighted by molar-refractivity contribution is -0.384. The van der Waals surface area contributed by atoms with Gasteiger partial charge in [0.1, 0.15) is 6.61 Å². The lowest BCUT2D eigenvalue weighted by Gasteiger charge is -2.07. The van der Waals surface area contributed by atoms with Crippen molar-refractivity contribution in [3.05, 3.63) is 73.2 Å². The molecule has 108 valence electrons. The lowest BCUT2D eigenvalue weighted by atomic mass is 10.2. The number of halogens is 2. The molecule has 0 heterocycles. The molecular weight excluding hydrogens is 362 g/mol. The van der Waals surface area contributed by atoms with Crippen LogP contribution in [0.15, 0.2) is 46.9 Å². The Balaban J connectivity index is 2.09. The zero-order valence-corrected chi connectivity index (χ0v) is 12.9. The highest BCUT2D eigenvalue weighted by atomic mass is 79.9. The van der Waals surface area contributed by atoms with Crippen LogP contribution in [0.1, 0.15) is 15.9 Å². The van der Waals surface area contributed by atoms with E-state index in [-0.39, 0.29) is 22.9 Å². The van der Waals surface area contributed by atoms with E-state index in [2.05, 4.69) is 15.9 Å². The van der Waals surface area contributed by atoms with Crippen molar-refractivity contribution < 1.29 is 14.5 Å². The second-order valence-electron chi connectivity index (χ2n) is 4.13. The number of nitro groups is 1. The molecule has 0 atom stereocenters. The van der Waals surface area contributed by atoms with Gasteiger partial charge >= 0.3 is 5.97 Å². The molecule has 0 saturated heterocycles. The zero-order chi connectivity index (χ0) is 15.4. The van der Waals surface area contributed by atoms with E-state index in [0.717, 1.165) is 0 Å². The fourth-order valence-corrected chi connectivity index (χ4v) is 2.20. The molecule has 0 saturated carbocycles. The maximum atomic E-state index is 11.9. The van der Waals surface area contributed by atoms with E-state index in [1.165, 1.54) is 18.2 Å². The first kappa shape index (κ1) is 15.5. The van der Waals surface area contributed by atoms with Crippen molar-refractivity contribution in [1.29, 1.82) is 0 Å². The normalized spacial score (nSPS) is 10.2. The predicted molar refractivity (Wildman–Crippen MR) is 81.4 cm³/mol. The van der Waals surface area contributed by atoms with Gasteiger partial charge in [-0.1, -0.05) is 39.7 Å². The second-order valence-corrected chi connectivity index (χ2v) is 5.45. The minimum Gasteiger partial charge on any atom is -0.457 e. The number of carbonyl (C=O) groups excluding carboxylic acids is 1. The highest BCUT2D eigenvalue weighted by molar-refractivity contribution is 9.10. The van der Waals surface area contributed by atoms with Gasteiger partial charge in [0.15, 0.2) is 0 Å². The van der Waals surface area contributed by atoms with Crippen LogP contribution >= 0.6 is 27.5 Å². The molecule has 0 aliphatic carbocycles. The smallest absolute Gasteiger partial charge is 0.340 e. The first-order chi connectivity index (χ1) is 9.97. The van der Waals surface area contributed by atoms with Crippen molar-refractivity contribution in [2.24, 2.45) is 0 Å². The van der Waals surface area contributed by atoms with Crippen molar-refractivity contribution in [3.8, 4) is 0 Å². The van der Waals surface area contributed by atoms with Crippen molar-refractivity contribution in [1.82, 2.24) is 0 Å². The number of non-ortho nitro benzene ring substituents is 1. The number of hydrogen-bond donors (Lipinski definition) is 0. The van der Waals surface area contributed by atoms with Crippen LogP contribution in [0, 0.1) is 10.1 Å². The summed E-state index contributed by atoms with van der Waals surface area (Å²) in [7, 11) is 0. The molecule has 21 heavy (non-hydrogen) atoms. The molecular formula is C14H9BrClNO4. The van der Waals surface area contributed by atoms with Gasteiger partial charge in [0.25, 0.3) is 5.69 Å². The lowest BCUT2D eigenvalue weighted by Crippen LogP contribution is -2.06. The first-order valence-corrected chi connectivity index (χ1v) is 7.00. The minimum absolute atomic E-state index is 0.0518. The zero-order valence-electron chi connectivity index (χ0n) is 10.6. The number of carbonyl (C=O) groups is 1. The van der Waals surface area contributed by atoms with E-state index >= 15 is 0 Å². The summed E-state index contributed by atoms with van der Waals surface area (Å²) in [6, 6.07) is 10.7. The Morgan fingerprint density at radius 1 is 1.29 bits per heavy atom. The van der Waals surface area contributed by atoms with Gasteiger partial charge in [0, 0.05) is 16.6 Å². The number of ether oxygens (including phenoxy) is 1. The van der Waals surface area contributed by atoms with E-state index < -0.39 is 10.9 Å². The molecule has 0 unspecified atom stereocenters. The van der Waals surface area contributed by atoms with Gasteiger partial charge in [-0.05, 0) is 23.8 Å². The number of benzene rings is 2. The maximum Gasteiger partial charge on any atom is 0.340 e. The molecule has 0 spiro atoms. The van der Waals surface area contributed by atoms with E-state index in [0.29, 0.717) is 10.0 Å². The standard InChI is InChI=1S/C14H9BrClNO4/c15-10-4-5-13(16)12(7-10)14(18)21-8-9-2-1-3-11(6-9)17(19)20/h1-7H,8H2. The van der Waals surface area contributed by atoms with Crippen molar-refractivity contribution in [2.75, 3.05) is 0 Å². The summed E-state index contributed by atoms with van der Waals surface area (Å²) < 4.78 is 5.82. The Hall–Kier alpha value is -1.92. The molecule has 0 aliphatic heterocycles. The van der Waals surface area contributed by atoms with Crippen LogP contribution in [0.25, 0.3) is 0 Å². The molecule has 0 aliphatic rings. The molecule has 0 bridgehead atoms. The van der Waals surface area contributed by atoms with Crippen LogP contribution in [0.4, 0.5) is 5.69 Å². The molecule has 0 radical (unpaired) electrons. The van der Waals surface area contributed by atoms with Crippen molar-refractivity contribution >= 4 is 39.2 Å². The third-order valence-electron chi connectivity index (χ3n) is 2.64. The van der Waals surface area contributed by atoms with Gasteiger partial charge in [-0.25, -0.2) is 4.79 Å². The maximum absolute atomic E-state index is 11.9. The molecule has 2 aromatic carbocycles. The summed E-state index contributed by atoms with van der Waals surface area (Å²) in [6.07, 6.45) is 0. The number of nitrogens with zero attached hydrogens (tertiary/aromatic N) is 1. The van der Waals surface area contributed by atoms with E-state index in [1.807, 2.05) is 0 Å².